The fourth-order valence-electron chi connectivity index (χ4n) is 2.54. The standard InChI is InChI=1S/C15H25N3S/c1-10(2)16-8-7-13-11(3)17-15(18-12(13)4)14-6-5-9-19-14/h10,14,16H,5-9H2,1-4H3. The van der Waals surface area contributed by atoms with Crippen LogP contribution in [-0.4, -0.2) is 28.3 Å². The Bertz CT molecular complexity index is 402. The van der Waals surface area contributed by atoms with Crippen LogP contribution in [0.4, 0.5) is 0 Å². The van der Waals surface area contributed by atoms with Gasteiger partial charge in [0.05, 0.1) is 5.25 Å². The third kappa shape index (κ3) is 3.93. The first kappa shape index (κ1) is 14.8. The molecule has 0 saturated carbocycles. The summed E-state index contributed by atoms with van der Waals surface area (Å²) in [5, 5.41) is 3.99. The van der Waals surface area contributed by atoms with Gasteiger partial charge in [0.2, 0.25) is 0 Å². The lowest BCUT2D eigenvalue weighted by Gasteiger charge is -2.14. The number of thioether (sulfide) groups is 1. The van der Waals surface area contributed by atoms with Crippen LogP contribution in [0, 0.1) is 13.8 Å². The Balaban J connectivity index is 2.08. The Morgan fingerprint density at radius 3 is 2.47 bits per heavy atom. The van der Waals surface area contributed by atoms with E-state index < -0.39 is 0 Å². The highest BCUT2D eigenvalue weighted by Crippen LogP contribution is 2.38. The minimum atomic E-state index is 0.528. The van der Waals surface area contributed by atoms with Crippen LogP contribution < -0.4 is 5.32 Å². The van der Waals surface area contributed by atoms with Gasteiger partial charge < -0.3 is 5.32 Å². The highest BCUT2D eigenvalue weighted by molar-refractivity contribution is 7.99. The molecule has 1 aliphatic heterocycles. The molecule has 0 spiro atoms. The molecule has 0 radical (unpaired) electrons. The van der Waals surface area contributed by atoms with Crippen LogP contribution >= 0.6 is 11.8 Å². The lowest BCUT2D eigenvalue weighted by atomic mass is 10.1. The van der Waals surface area contributed by atoms with Crippen molar-refractivity contribution < 1.29 is 0 Å². The van der Waals surface area contributed by atoms with Gasteiger partial charge in [0.25, 0.3) is 0 Å². The van der Waals surface area contributed by atoms with Crippen LogP contribution in [0.25, 0.3) is 0 Å². The summed E-state index contributed by atoms with van der Waals surface area (Å²) < 4.78 is 0. The molecular weight excluding hydrogens is 254 g/mol. The van der Waals surface area contributed by atoms with Crippen molar-refractivity contribution in [3.8, 4) is 0 Å². The lowest BCUT2D eigenvalue weighted by molar-refractivity contribution is 0.587. The zero-order chi connectivity index (χ0) is 13.8. The van der Waals surface area contributed by atoms with Crippen molar-refractivity contribution in [2.45, 2.75) is 58.2 Å². The molecule has 2 rings (SSSR count). The fourth-order valence-corrected chi connectivity index (χ4v) is 3.74. The maximum absolute atomic E-state index is 4.75. The molecule has 4 heteroatoms. The predicted octanol–water partition coefficient (Wildman–Crippen LogP) is 3.20. The van der Waals surface area contributed by atoms with E-state index in [0.29, 0.717) is 11.3 Å². The molecule has 1 aromatic heterocycles. The smallest absolute Gasteiger partial charge is 0.141 e. The van der Waals surface area contributed by atoms with E-state index in [-0.39, 0.29) is 0 Å². The largest absolute Gasteiger partial charge is 0.314 e. The summed E-state index contributed by atoms with van der Waals surface area (Å²) in [5.74, 6) is 2.31. The number of hydrogen-bond donors (Lipinski definition) is 1. The van der Waals surface area contributed by atoms with E-state index >= 15 is 0 Å². The van der Waals surface area contributed by atoms with E-state index in [2.05, 4.69) is 33.0 Å². The molecule has 0 aromatic carbocycles. The molecule has 106 valence electrons. The van der Waals surface area contributed by atoms with E-state index in [9.17, 15) is 0 Å². The van der Waals surface area contributed by atoms with Gasteiger partial charge in [-0.15, -0.1) is 0 Å². The van der Waals surface area contributed by atoms with Crippen LogP contribution in [0.3, 0.4) is 0 Å². The maximum Gasteiger partial charge on any atom is 0.141 e. The van der Waals surface area contributed by atoms with Crippen LogP contribution in [-0.2, 0) is 6.42 Å². The minimum Gasteiger partial charge on any atom is -0.314 e. The molecular formula is C15H25N3S. The highest BCUT2D eigenvalue weighted by atomic mass is 32.2. The van der Waals surface area contributed by atoms with Crippen LogP contribution in [0.5, 0.6) is 0 Å². The number of nitrogens with zero attached hydrogens (tertiary/aromatic N) is 2. The Kier molecular flexibility index (Phi) is 5.22. The molecule has 1 fully saturated rings. The van der Waals surface area contributed by atoms with E-state index in [1.165, 1.54) is 35.5 Å². The molecule has 1 aliphatic rings. The first-order valence-electron chi connectivity index (χ1n) is 7.27. The first-order chi connectivity index (χ1) is 9.08. The minimum absolute atomic E-state index is 0.528. The molecule has 1 saturated heterocycles. The second-order valence-electron chi connectivity index (χ2n) is 5.59. The normalized spacial score (nSPS) is 19.3. The van der Waals surface area contributed by atoms with Crippen molar-refractivity contribution in [3.05, 3.63) is 22.8 Å². The topological polar surface area (TPSA) is 37.8 Å². The SMILES string of the molecule is Cc1nc(C2CCCS2)nc(C)c1CCNC(C)C. The third-order valence-corrected chi connectivity index (χ3v) is 4.96. The zero-order valence-electron chi connectivity index (χ0n) is 12.5. The van der Waals surface area contributed by atoms with Crippen molar-refractivity contribution in [1.29, 1.82) is 0 Å². The van der Waals surface area contributed by atoms with Crippen molar-refractivity contribution in [2.75, 3.05) is 12.3 Å². The second kappa shape index (κ2) is 6.71. The lowest BCUT2D eigenvalue weighted by Crippen LogP contribution is -2.25. The predicted molar refractivity (Wildman–Crippen MR) is 82.8 cm³/mol. The Morgan fingerprint density at radius 2 is 1.95 bits per heavy atom. The van der Waals surface area contributed by atoms with Gasteiger partial charge in [0, 0.05) is 17.4 Å². The summed E-state index contributed by atoms with van der Waals surface area (Å²) in [6.07, 6.45) is 3.56. The molecule has 1 aromatic rings. The van der Waals surface area contributed by atoms with E-state index in [0.717, 1.165) is 18.8 Å². The summed E-state index contributed by atoms with van der Waals surface area (Å²) in [5.41, 5.74) is 3.65. The highest BCUT2D eigenvalue weighted by Gasteiger charge is 2.21. The van der Waals surface area contributed by atoms with Crippen LogP contribution in [0.2, 0.25) is 0 Å². The van der Waals surface area contributed by atoms with Crippen molar-refractivity contribution >= 4 is 11.8 Å². The summed E-state index contributed by atoms with van der Waals surface area (Å²) in [7, 11) is 0. The fraction of sp³-hybridized carbons (Fsp3) is 0.733. The maximum atomic E-state index is 4.75. The van der Waals surface area contributed by atoms with Gasteiger partial charge >= 0.3 is 0 Å². The summed E-state index contributed by atoms with van der Waals surface area (Å²) in [4.78, 5) is 9.51. The van der Waals surface area contributed by atoms with Gasteiger partial charge in [-0.05, 0) is 51.0 Å². The molecule has 1 N–H and O–H groups in total. The second-order valence-corrected chi connectivity index (χ2v) is 6.90. The molecule has 0 bridgehead atoms. The number of rotatable bonds is 5. The summed E-state index contributed by atoms with van der Waals surface area (Å²) in [6, 6.07) is 0.538. The summed E-state index contributed by atoms with van der Waals surface area (Å²) >= 11 is 2.00. The Hall–Kier alpha value is -0.610. The number of hydrogen-bond acceptors (Lipinski definition) is 4. The number of nitrogens with one attached hydrogen (secondary N) is 1. The van der Waals surface area contributed by atoms with E-state index in [1.807, 2.05) is 11.8 Å². The molecule has 0 aliphatic carbocycles. The van der Waals surface area contributed by atoms with E-state index in [4.69, 9.17) is 9.97 Å². The van der Waals surface area contributed by atoms with Crippen LogP contribution in [0.15, 0.2) is 0 Å². The molecule has 2 heterocycles. The molecule has 0 amide bonds. The van der Waals surface area contributed by atoms with Gasteiger partial charge in [-0.1, -0.05) is 13.8 Å². The van der Waals surface area contributed by atoms with Gasteiger partial charge in [0.1, 0.15) is 5.82 Å². The van der Waals surface area contributed by atoms with Crippen molar-refractivity contribution in [3.63, 3.8) is 0 Å². The Labute approximate surface area is 121 Å². The monoisotopic (exact) mass is 279 g/mol. The Morgan fingerprint density at radius 1 is 1.26 bits per heavy atom. The number of aryl methyl sites for hydroxylation is 2. The van der Waals surface area contributed by atoms with Gasteiger partial charge in [-0.3, -0.25) is 0 Å². The average Bonchev–Trinajstić information content (AvgIpc) is 2.85. The van der Waals surface area contributed by atoms with Crippen LogP contribution in [0.1, 0.15) is 54.7 Å². The van der Waals surface area contributed by atoms with Gasteiger partial charge in [-0.25, -0.2) is 9.97 Å². The van der Waals surface area contributed by atoms with Gasteiger partial charge in [-0.2, -0.15) is 11.8 Å². The number of aromatic nitrogens is 2. The third-order valence-electron chi connectivity index (χ3n) is 3.58. The van der Waals surface area contributed by atoms with Gasteiger partial charge in [0.15, 0.2) is 0 Å². The molecule has 19 heavy (non-hydrogen) atoms. The molecule has 1 atom stereocenters. The first-order valence-corrected chi connectivity index (χ1v) is 8.31. The molecule has 1 unspecified atom stereocenters. The quantitative estimate of drug-likeness (QED) is 0.898. The van der Waals surface area contributed by atoms with Crippen molar-refractivity contribution in [2.24, 2.45) is 0 Å². The van der Waals surface area contributed by atoms with E-state index in [1.54, 1.807) is 0 Å². The average molecular weight is 279 g/mol. The molecule has 3 nitrogen and oxygen atoms in total. The zero-order valence-corrected chi connectivity index (χ0v) is 13.3. The summed E-state index contributed by atoms with van der Waals surface area (Å²) in [6.45, 7) is 9.61. The van der Waals surface area contributed by atoms with Crippen molar-refractivity contribution in [1.82, 2.24) is 15.3 Å².